The Morgan fingerprint density at radius 1 is 0.774 bits per heavy atom. The van der Waals surface area contributed by atoms with Crippen molar-refractivity contribution in [2.75, 3.05) is 52.5 Å². The number of amides is 1. The molecular weight excluding hydrogens is 400 g/mol. The molecule has 0 saturated carbocycles. The smallest absolute Gasteiger partial charge is 0.239 e. The predicted molar refractivity (Wildman–Crippen MR) is 115 cm³/mol. The zero-order valence-electron chi connectivity index (χ0n) is 17.8. The zero-order chi connectivity index (χ0) is 21.8. The molecule has 0 aromatic heterocycles. The van der Waals surface area contributed by atoms with Gasteiger partial charge in [0.2, 0.25) is 5.91 Å². The van der Waals surface area contributed by atoms with Crippen LogP contribution in [0.4, 0.5) is 8.78 Å². The largest absolute Gasteiger partial charge is 0.378 e. The molecule has 1 atom stereocenters. The molecule has 2 aliphatic heterocycles. The molecular formula is C24H29F2N3O2. The molecule has 4 rings (SSSR count). The molecule has 5 nitrogen and oxygen atoms in total. The molecule has 166 valence electrons. The summed E-state index contributed by atoms with van der Waals surface area (Å²) in [5, 5.41) is 0. The highest BCUT2D eigenvalue weighted by Gasteiger charge is 2.32. The third kappa shape index (κ3) is 5.11. The Morgan fingerprint density at radius 2 is 1.23 bits per heavy atom. The third-order valence-corrected chi connectivity index (χ3v) is 6.31. The Bertz CT molecular complexity index is 816. The van der Waals surface area contributed by atoms with E-state index in [4.69, 9.17) is 4.74 Å². The van der Waals surface area contributed by atoms with Crippen molar-refractivity contribution in [3.8, 4) is 0 Å². The van der Waals surface area contributed by atoms with Crippen LogP contribution in [0.25, 0.3) is 0 Å². The molecule has 1 unspecified atom stereocenters. The summed E-state index contributed by atoms with van der Waals surface area (Å²) in [6.45, 7) is 7.53. The first kappa shape index (κ1) is 21.9. The standard InChI is InChI=1S/C24H29F2N3O2/c1-18(24(30)29-14-16-31-17-15-29)27-10-12-28(13-11-27)23(19-2-6-21(25)7-3-19)20-4-8-22(26)9-5-20/h2-9,18,23H,10-17H2,1H3. The van der Waals surface area contributed by atoms with E-state index < -0.39 is 0 Å². The Kier molecular flexibility index (Phi) is 6.95. The van der Waals surface area contributed by atoms with Crippen LogP contribution in [-0.2, 0) is 9.53 Å². The second-order valence-electron chi connectivity index (χ2n) is 8.19. The third-order valence-electron chi connectivity index (χ3n) is 6.31. The van der Waals surface area contributed by atoms with Gasteiger partial charge in [-0.15, -0.1) is 0 Å². The molecule has 2 heterocycles. The highest BCUT2D eigenvalue weighted by atomic mass is 19.1. The van der Waals surface area contributed by atoms with Crippen molar-refractivity contribution in [1.29, 1.82) is 0 Å². The molecule has 31 heavy (non-hydrogen) atoms. The number of carbonyl (C=O) groups is 1. The van der Waals surface area contributed by atoms with Gasteiger partial charge in [0.1, 0.15) is 11.6 Å². The van der Waals surface area contributed by atoms with Crippen LogP contribution in [0.2, 0.25) is 0 Å². The molecule has 0 bridgehead atoms. The number of ether oxygens (including phenoxy) is 1. The highest BCUT2D eigenvalue weighted by Crippen LogP contribution is 2.30. The number of benzene rings is 2. The minimum atomic E-state index is -0.276. The molecule has 2 fully saturated rings. The highest BCUT2D eigenvalue weighted by molar-refractivity contribution is 5.81. The Hall–Kier alpha value is -2.35. The summed E-state index contributed by atoms with van der Waals surface area (Å²) in [5.41, 5.74) is 1.94. The summed E-state index contributed by atoms with van der Waals surface area (Å²) in [6, 6.07) is 12.8. The molecule has 0 aliphatic carbocycles. The van der Waals surface area contributed by atoms with E-state index in [1.165, 1.54) is 24.3 Å². The molecule has 0 spiro atoms. The van der Waals surface area contributed by atoms with Crippen LogP contribution in [0.1, 0.15) is 24.1 Å². The van der Waals surface area contributed by atoms with Crippen LogP contribution in [0.5, 0.6) is 0 Å². The van der Waals surface area contributed by atoms with E-state index in [1.807, 2.05) is 11.8 Å². The molecule has 2 saturated heterocycles. The first-order valence-electron chi connectivity index (χ1n) is 10.9. The average Bonchev–Trinajstić information content (AvgIpc) is 2.82. The van der Waals surface area contributed by atoms with Gasteiger partial charge in [-0.25, -0.2) is 8.78 Å². The monoisotopic (exact) mass is 429 g/mol. The number of hydrogen-bond acceptors (Lipinski definition) is 4. The number of halogens is 2. The average molecular weight is 430 g/mol. The topological polar surface area (TPSA) is 36.0 Å². The van der Waals surface area contributed by atoms with Crippen LogP contribution in [0.3, 0.4) is 0 Å². The van der Waals surface area contributed by atoms with Gasteiger partial charge in [-0.3, -0.25) is 14.6 Å². The molecule has 2 aromatic rings. The van der Waals surface area contributed by atoms with Crippen molar-refractivity contribution in [3.05, 3.63) is 71.3 Å². The van der Waals surface area contributed by atoms with Crippen LogP contribution < -0.4 is 0 Å². The van der Waals surface area contributed by atoms with Gasteiger partial charge in [0.25, 0.3) is 0 Å². The van der Waals surface area contributed by atoms with Gasteiger partial charge in [0.05, 0.1) is 25.3 Å². The van der Waals surface area contributed by atoms with Gasteiger partial charge in [0, 0.05) is 39.3 Å². The lowest BCUT2D eigenvalue weighted by Crippen LogP contribution is -2.56. The fraction of sp³-hybridized carbons (Fsp3) is 0.458. The van der Waals surface area contributed by atoms with E-state index in [2.05, 4.69) is 9.80 Å². The normalized spacial score (nSPS) is 19.5. The van der Waals surface area contributed by atoms with Gasteiger partial charge in [-0.05, 0) is 42.3 Å². The van der Waals surface area contributed by atoms with E-state index in [0.717, 1.165) is 37.3 Å². The zero-order valence-corrected chi connectivity index (χ0v) is 17.8. The van der Waals surface area contributed by atoms with Crippen LogP contribution in [0.15, 0.2) is 48.5 Å². The van der Waals surface area contributed by atoms with Crippen molar-refractivity contribution >= 4 is 5.91 Å². The van der Waals surface area contributed by atoms with E-state index in [0.29, 0.717) is 26.3 Å². The summed E-state index contributed by atoms with van der Waals surface area (Å²) in [7, 11) is 0. The minimum absolute atomic E-state index is 0.0893. The van der Waals surface area contributed by atoms with Crippen molar-refractivity contribution in [3.63, 3.8) is 0 Å². The Balaban J connectivity index is 1.46. The fourth-order valence-electron chi connectivity index (χ4n) is 4.49. The first-order chi connectivity index (χ1) is 15.0. The molecule has 1 amide bonds. The molecule has 0 N–H and O–H groups in total. The predicted octanol–water partition coefficient (Wildman–Crippen LogP) is 2.92. The molecule has 0 radical (unpaired) electrons. The van der Waals surface area contributed by atoms with E-state index in [9.17, 15) is 13.6 Å². The fourth-order valence-corrected chi connectivity index (χ4v) is 4.49. The maximum Gasteiger partial charge on any atom is 0.239 e. The van der Waals surface area contributed by atoms with Crippen molar-refractivity contribution in [2.45, 2.75) is 19.0 Å². The lowest BCUT2D eigenvalue weighted by molar-refractivity contribution is -0.141. The lowest BCUT2D eigenvalue weighted by atomic mass is 9.96. The minimum Gasteiger partial charge on any atom is -0.378 e. The molecule has 2 aromatic carbocycles. The number of carbonyl (C=O) groups excluding carboxylic acids is 1. The number of morpholine rings is 1. The summed E-state index contributed by atoms with van der Waals surface area (Å²) < 4.78 is 32.4. The quantitative estimate of drug-likeness (QED) is 0.732. The molecule has 7 heteroatoms. The van der Waals surface area contributed by atoms with Crippen LogP contribution in [-0.4, -0.2) is 79.1 Å². The van der Waals surface area contributed by atoms with Gasteiger partial charge < -0.3 is 9.64 Å². The number of piperazine rings is 1. The second kappa shape index (κ2) is 9.85. The lowest BCUT2D eigenvalue weighted by Gasteiger charge is -2.42. The van der Waals surface area contributed by atoms with E-state index in [-0.39, 0.29) is 29.6 Å². The van der Waals surface area contributed by atoms with Crippen molar-refractivity contribution in [1.82, 2.24) is 14.7 Å². The second-order valence-corrected chi connectivity index (χ2v) is 8.19. The van der Waals surface area contributed by atoms with Gasteiger partial charge in [-0.2, -0.15) is 0 Å². The maximum atomic E-state index is 13.5. The van der Waals surface area contributed by atoms with Crippen molar-refractivity contribution in [2.24, 2.45) is 0 Å². The van der Waals surface area contributed by atoms with Crippen molar-refractivity contribution < 1.29 is 18.3 Å². The number of nitrogens with zero attached hydrogens (tertiary/aromatic N) is 3. The van der Waals surface area contributed by atoms with Crippen LogP contribution >= 0.6 is 0 Å². The van der Waals surface area contributed by atoms with E-state index >= 15 is 0 Å². The maximum absolute atomic E-state index is 13.5. The summed E-state index contributed by atoms with van der Waals surface area (Å²) in [5.74, 6) is -0.394. The first-order valence-corrected chi connectivity index (χ1v) is 10.9. The van der Waals surface area contributed by atoms with E-state index in [1.54, 1.807) is 24.3 Å². The Labute approximate surface area is 182 Å². The summed E-state index contributed by atoms with van der Waals surface area (Å²) >= 11 is 0. The number of rotatable bonds is 5. The van der Waals surface area contributed by atoms with Gasteiger partial charge in [-0.1, -0.05) is 24.3 Å². The van der Waals surface area contributed by atoms with Gasteiger partial charge in [0.15, 0.2) is 0 Å². The molecule has 2 aliphatic rings. The SMILES string of the molecule is CC(C(=O)N1CCOCC1)N1CCN(C(c2ccc(F)cc2)c2ccc(F)cc2)CC1. The van der Waals surface area contributed by atoms with Crippen LogP contribution in [0, 0.1) is 11.6 Å². The Morgan fingerprint density at radius 3 is 1.71 bits per heavy atom. The number of hydrogen-bond donors (Lipinski definition) is 0. The van der Waals surface area contributed by atoms with Gasteiger partial charge >= 0.3 is 0 Å². The summed E-state index contributed by atoms with van der Waals surface area (Å²) in [6.07, 6.45) is 0. The summed E-state index contributed by atoms with van der Waals surface area (Å²) in [4.78, 5) is 19.3.